The maximum atomic E-state index is 12.0. The number of aromatic nitrogens is 1. The quantitative estimate of drug-likeness (QED) is 0.824. The van der Waals surface area contributed by atoms with Gasteiger partial charge in [0.1, 0.15) is 12.0 Å². The minimum Gasteiger partial charge on any atom is -0.364 e. The van der Waals surface area contributed by atoms with E-state index in [1.54, 1.807) is 6.07 Å². The average molecular weight is 245 g/mol. The van der Waals surface area contributed by atoms with Crippen molar-refractivity contribution >= 4 is 5.91 Å². The van der Waals surface area contributed by atoms with Gasteiger partial charge >= 0.3 is 0 Å². The summed E-state index contributed by atoms with van der Waals surface area (Å²) in [6, 6.07) is 11.2. The highest BCUT2D eigenvalue weighted by atomic mass is 16.5. The van der Waals surface area contributed by atoms with Crippen LogP contribution in [0.3, 0.4) is 0 Å². The Morgan fingerprint density at radius 3 is 2.72 bits per heavy atom. The monoisotopic (exact) mass is 245 g/mol. The van der Waals surface area contributed by atoms with Crippen LogP contribution in [0.25, 0.3) is 0 Å². The lowest BCUT2D eigenvalue weighted by Crippen LogP contribution is -2.33. The zero-order valence-electron chi connectivity index (χ0n) is 9.87. The van der Waals surface area contributed by atoms with Crippen LogP contribution < -0.4 is 11.1 Å². The van der Waals surface area contributed by atoms with E-state index in [9.17, 15) is 4.79 Å². The highest BCUT2D eigenvalue weighted by molar-refractivity contribution is 5.83. The lowest BCUT2D eigenvalue weighted by atomic mass is 9.98. The SMILES string of the molecule is NCC(C(=O)NCc1ccon1)c1ccccc1. The van der Waals surface area contributed by atoms with Crippen molar-refractivity contribution in [2.45, 2.75) is 12.5 Å². The highest BCUT2D eigenvalue weighted by Gasteiger charge is 2.18. The molecule has 1 atom stereocenters. The molecule has 3 N–H and O–H groups in total. The van der Waals surface area contributed by atoms with Gasteiger partial charge in [-0.1, -0.05) is 35.5 Å². The number of nitrogens with one attached hydrogen (secondary N) is 1. The first-order chi connectivity index (χ1) is 8.81. The van der Waals surface area contributed by atoms with Gasteiger partial charge in [0.05, 0.1) is 12.5 Å². The Morgan fingerprint density at radius 1 is 1.33 bits per heavy atom. The van der Waals surface area contributed by atoms with Crippen molar-refractivity contribution in [2.24, 2.45) is 5.73 Å². The van der Waals surface area contributed by atoms with Crippen molar-refractivity contribution in [3.8, 4) is 0 Å². The standard InChI is InChI=1S/C13H15N3O2/c14-8-12(10-4-2-1-3-5-10)13(17)15-9-11-6-7-18-16-11/h1-7,12H,8-9,14H2,(H,15,17). The number of nitrogens with two attached hydrogens (primary N) is 1. The fraction of sp³-hybridized carbons (Fsp3) is 0.231. The second-order valence-electron chi connectivity index (χ2n) is 3.91. The van der Waals surface area contributed by atoms with Crippen LogP contribution in [0.1, 0.15) is 17.2 Å². The number of rotatable bonds is 5. The molecule has 1 heterocycles. The molecule has 2 rings (SSSR count). The van der Waals surface area contributed by atoms with E-state index in [1.165, 1.54) is 6.26 Å². The summed E-state index contributed by atoms with van der Waals surface area (Å²) in [6.45, 7) is 0.618. The molecule has 1 aromatic carbocycles. The third-order valence-corrected chi connectivity index (χ3v) is 2.69. The maximum absolute atomic E-state index is 12.0. The summed E-state index contributed by atoms with van der Waals surface area (Å²) in [5.74, 6) is -0.440. The Kier molecular flexibility index (Phi) is 4.09. The van der Waals surface area contributed by atoms with Gasteiger partial charge in [0.2, 0.25) is 5.91 Å². The van der Waals surface area contributed by atoms with Gasteiger partial charge in [0, 0.05) is 12.6 Å². The lowest BCUT2D eigenvalue weighted by molar-refractivity contribution is -0.122. The van der Waals surface area contributed by atoms with E-state index in [4.69, 9.17) is 10.3 Å². The van der Waals surface area contributed by atoms with Gasteiger partial charge in [0.15, 0.2) is 0 Å². The molecular weight excluding hydrogens is 230 g/mol. The van der Waals surface area contributed by atoms with Crippen molar-refractivity contribution in [3.63, 3.8) is 0 Å². The molecule has 0 fully saturated rings. The number of amides is 1. The molecule has 0 saturated carbocycles. The van der Waals surface area contributed by atoms with Gasteiger partial charge in [0.25, 0.3) is 0 Å². The first-order valence-corrected chi connectivity index (χ1v) is 5.73. The van der Waals surface area contributed by atoms with Gasteiger partial charge in [-0.2, -0.15) is 0 Å². The second kappa shape index (κ2) is 5.97. The van der Waals surface area contributed by atoms with Crippen LogP contribution >= 0.6 is 0 Å². The van der Waals surface area contributed by atoms with Gasteiger partial charge < -0.3 is 15.6 Å². The Bertz CT molecular complexity index is 482. The van der Waals surface area contributed by atoms with E-state index in [1.807, 2.05) is 30.3 Å². The van der Waals surface area contributed by atoms with Gasteiger partial charge in [-0.3, -0.25) is 4.79 Å². The summed E-state index contributed by atoms with van der Waals surface area (Å²) in [7, 11) is 0. The van der Waals surface area contributed by atoms with Crippen LogP contribution in [0.2, 0.25) is 0 Å². The van der Waals surface area contributed by atoms with Crippen LogP contribution in [0.5, 0.6) is 0 Å². The summed E-state index contributed by atoms with van der Waals surface area (Å²) in [5, 5.41) is 6.52. The summed E-state index contributed by atoms with van der Waals surface area (Å²) in [6.07, 6.45) is 1.47. The van der Waals surface area contributed by atoms with Crippen molar-refractivity contribution in [1.29, 1.82) is 0 Å². The lowest BCUT2D eigenvalue weighted by Gasteiger charge is -2.14. The molecule has 5 nitrogen and oxygen atoms in total. The molecule has 1 amide bonds. The second-order valence-corrected chi connectivity index (χ2v) is 3.91. The number of hydrogen-bond acceptors (Lipinski definition) is 4. The molecule has 1 aromatic heterocycles. The average Bonchev–Trinajstić information content (AvgIpc) is 2.92. The first kappa shape index (κ1) is 12.3. The molecule has 0 spiro atoms. The molecule has 0 aliphatic carbocycles. The summed E-state index contributed by atoms with van der Waals surface area (Å²) in [5.41, 5.74) is 7.26. The Hall–Kier alpha value is -2.14. The summed E-state index contributed by atoms with van der Waals surface area (Å²) in [4.78, 5) is 12.0. The Morgan fingerprint density at radius 2 is 2.11 bits per heavy atom. The molecule has 5 heteroatoms. The van der Waals surface area contributed by atoms with Crippen molar-refractivity contribution < 1.29 is 9.32 Å². The maximum Gasteiger partial charge on any atom is 0.229 e. The number of hydrogen-bond donors (Lipinski definition) is 2. The zero-order valence-corrected chi connectivity index (χ0v) is 9.87. The van der Waals surface area contributed by atoms with E-state index in [2.05, 4.69) is 10.5 Å². The van der Waals surface area contributed by atoms with Crippen LogP contribution in [0.15, 0.2) is 47.2 Å². The molecule has 0 saturated heterocycles. The smallest absolute Gasteiger partial charge is 0.229 e. The summed E-state index contributed by atoms with van der Waals surface area (Å²) < 4.78 is 4.69. The molecule has 2 aromatic rings. The van der Waals surface area contributed by atoms with Crippen molar-refractivity contribution in [3.05, 3.63) is 53.9 Å². The van der Waals surface area contributed by atoms with Crippen molar-refractivity contribution in [1.82, 2.24) is 10.5 Å². The number of nitrogens with zero attached hydrogens (tertiary/aromatic N) is 1. The van der Waals surface area contributed by atoms with Gasteiger partial charge in [-0.15, -0.1) is 0 Å². The third-order valence-electron chi connectivity index (χ3n) is 2.69. The minimum absolute atomic E-state index is 0.105. The molecule has 0 aliphatic rings. The van der Waals surface area contributed by atoms with E-state index in [-0.39, 0.29) is 18.4 Å². The molecule has 0 aliphatic heterocycles. The predicted molar refractivity (Wildman–Crippen MR) is 66.6 cm³/mol. The minimum atomic E-state index is -0.335. The fourth-order valence-corrected chi connectivity index (χ4v) is 1.71. The fourth-order valence-electron chi connectivity index (χ4n) is 1.71. The molecule has 1 unspecified atom stereocenters. The van der Waals surface area contributed by atoms with Crippen LogP contribution in [-0.2, 0) is 11.3 Å². The van der Waals surface area contributed by atoms with Crippen LogP contribution in [0.4, 0.5) is 0 Å². The Balaban J connectivity index is 1.98. The van der Waals surface area contributed by atoms with E-state index < -0.39 is 0 Å². The molecule has 0 bridgehead atoms. The number of benzene rings is 1. The highest BCUT2D eigenvalue weighted by Crippen LogP contribution is 2.14. The molecular formula is C13H15N3O2. The van der Waals surface area contributed by atoms with Crippen LogP contribution in [0, 0.1) is 0 Å². The molecule has 18 heavy (non-hydrogen) atoms. The Labute approximate surface area is 105 Å². The first-order valence-electron chi connectivity index (χ1n) is 5.73. The zero-order chi connectivity index (χ0) is 12.8. The van der Waals surface area contributed by atoms with Gasteiger partial charge in [-0.25, -0.2) is 0 Å². The predicted octanol–water partition coefficient (Wildman–Crippen LogP) is 1.03. The summed E-state index contributed by atoms with van der Waals surface area (Å²) >= 11 is 0. The number of carbonyl (C=O) groups is 1. The van der Waals surface area contributed by atoms with Gasteiger partial charge in [-0.05, 0) is 5.56 Å². The third kappa shape index (κ3) is 2.95. The molecule has 94 valence electrons. The number of carbonyl (C=O) groups excluding carboxylic acids is 1. The van der Waals surface area contributed by atoms with E-state index in [0.29, 0.717) is 12.2 Å². The van der Waals surface area contributed by atoms with E-state index in [0.717, 1.165) is 5.56 Å². The normalized spacial score (nSPS) is 12.1. The van der Waals surface area contributed by atoms with Crippen LogP contribution in [-0.4, -0.2) is 17.6 Å². The topological polar surface area (TPSA) is 81.2 Å². The largest absolute Gasteiger partial charge is 0.364 e. The van der Waals surface area contributed by atoms with E-state index >= 15 is 0 Å². The van der Waals surface area contributed by atoms with Crippen molar-refractivity contribution in [2.75, 3.05) is 6.54 Å². The molecule has 0 radical (unpaired) electrons.